The first-order valence-corrected chi connectivity index (χ1v) is 12.3. The number of nitrogens with one attached hydrogen (secondary N) is 1. The van der Waals surface area contributed by atoms with Crippen LogP contribution in [0, 0.1) is 0 Å². The third kappa shape index (κ3) is 3.55. The molecule has 0 radical (unpaired) electrons. The van der Waals surface area contributed by atoms with Crippen LogP contribution in [0.25, 0.3) is 10.9 Å². The maximum atomic E-state index is 5.64. The van der Waals surface area contributed by atoms with Crippen LogP contribution in [0.15, 0.2) is 78.9 Å². The summed E-state index contributed by atoms with van der Waals surface area (Å²) in [5.41, 5.74) is 7.13. The van der Waals surface area contributed by atoms with Gasteiger partial charge in [-0.1, -0.05) is 60.7 Å². The van der Waals surface area contributed by atoms with Crippen molar-refractivity contribution in [1.29, 1.82) is 0 Å². The summed E-state index contributed by atoms with van der Waals surface area (Å²) in [5.74, 6) is 0.954. The monoisotopic (exact) mass is 436 g/mol. The normalized spacial score (nSPS) is 22.3. The Morgan fingerprint density at radius 2 is 1.85 bits per heavy atom. The van der Waals surface area contributed by atoms with Gasteiger partial charge in [-0.3, -0.25) is 4.90 Å². The molecular formula is C30H32N2O. The lowest BCUT2D eigenvalue weighted by molar-refractivity contribution is 0.0947. The van der Waals surface area contributed by atoms with E-state index in [4.69, 9.17) is 4.74 Å². The van der Waals surface area contributed by atoms with Crippen molar-refractivity contribution in [2.45, 2.75) is 43.6 Å². The molecule has 1 N–H and O–H groups in total. The number of rotatable bonds is 6. The number of hydrogen-bond acceptors (Lipinski definition) is 2. The zero-order valence-electron chi connectivity index (χ0n) is 19.4. The second-order valence-electron chi connectivity index (χ2n) is 9.78. The number of fused-ring (bicyclic) bond motifs is 6. The largest absolute Gasteiger partial charge is 0.497 e. The number of hydrogen-bond donors (Lipinski definition) is 1. The van der Waals surface area contributed by atoms with Crippen molar-refractivity contribution in [1.82, 2.24) is 9.88 Å². The molecule has 2 bridgehead atoms. The van der Waals surface area contributed by atoms with Gasteiger partial charge in [0.1, 0.15) is 5.75 Å². The van der Waals surface area contributed by atoms with Gasteiger partial charge in [-0.2, -0.15) is 0 Å². The number of aromatic amines is 1. The number of benzene rings is 3. The molecule has 2 heterocycles. The lowest BCUT2D eigenvalue weighted by Gasteiger charge is -2.51. The van der Waals surface area contributed by atoms with Crippen molar-refractivity contribution in [3.8, 4) is 5.75 Å². The van der Waals surface area contributed by atoms with Gasteiger partial charge >= 0.3 is 0 Å². The Balaban J connectivity index is 1.35. The smallest absolute Gasteiger partial charge is 0.119 e. The highest BCUT2D eigenvalue weighted by Gasteiger charge is 2.48. The molecule has 4 aromatic rings. The molecule has 3 nitrogen and oxygen atoms in total. The minimum atomic E-state index is 0.0440. The minimum absolute atomic E-state index is 0.0440. The fourth-order valence-corrected chi connectivity index (χ4v) is 6.46. The number of para-hydroxylation sites is 1. The van der Waals surface area contributed by atoms with Crippen LogP contribution in [-0.2, 0) is 18.3 Å². The Morgan fingerprint density at radius 3 is 2.73 bits per heavy atom. The van der Waals surface area contributed by atoms with Crippen molar-refractivity contribution < 1.29 is 4.74 Å². The number of methoxy groups -OCH3 is 1. The van der Waals surface area contributed by atoms with Gasteiger partial charge in [-0.25, -0.2) is 0 Å². The van der Waals surface area contributed by atoms with E-state index >= 15 is 0 Å². The Morgan fingerprint density at radius 1 is 1.00 bits per heavy atom. The highest BCUT2D eigenvalue weighted by Crippen LogP contribution is 2.52. The maximum absolute atomic E-state index is 5.64. The number of nitrogens with zero attached hydrogens (tertiary/aromatic N) is 1. The van der Waals surface area contributed by atoms with Gasteiger partial charge in [0.15, 0.2) is 0 Å². The van der Waals surface area contributed by atoms with Crippen LogP contribution in [0.4, 0.5) is 0 Å². The third-order valence-electron chi connectivity index (χ3n) is 8.00. The second-order valence-corrected chi connectivity index (χ2v) is 9.78. The molecule has 0 unspecified atom stereocenters. The number of H-pyrrole nitrogens is 1. The van der Waals surface area contributed by atoms with Gasteiger partial charge < -0.3 is 9.72 Å². The van der Waals surface area contributed by atoms with Gasteiger partial charge in [0.05, 0.1) is 7.11 Å². The van der Waals surface area contributed by atoms with Crippen LogP contribution in [0.1, 0.15) is 41.6 Å². The topological polar surface area (TPSA) is 28.3 Å². The van der Waals surface area contributed by atoms with Crippen LogP contribution in [0.2, 0.25) is 0 Å². The molecule has 1 aliphatic carbocycles. The summed E-state index contributed by atoms with van der Waals surface area (Å²) < 4.78 is 5.64. The average molecular weight is 437 g/mol. The van der Waals surface area contributed by atoms with E-state index in [1.165, 1.54) is 52.7 Å². The van der Waals surface area contributed by atoms with Crippen molar-refractivity contribution in [3.63, 3.8) is 0 Å². The van der Waals surface area contributed by atoms with E-state index in [-0.39, 0.29) is 5.41 Å². The van der Waals surface area contributed by atoms with E-state index in [1.54, 1.807) is 7.11 Å². The molecule has 168 valence electrons. The number of aromatic nitrogens is 1. The molecule has 3 heteroatoms. The molecular weight excluding hydrogens is 404 g/mol. The molecule has 33 heavy (non-hydrogen) atoms. The molecule has 2 aliphatic rings. The molecule has 0 amide bonds. The summed E-state index contributed by atoms with van der Waals surface area (Å²) in [6, 6.07) is 29.2. The third-order valence-corrected chi connectivity index (χ3v) is 8.00. The first-order valence-electron chi connectivity index (χ1n) is 12.3. The lowest BCUT2D eigenvalue weighted by atomic mass is 9.61. The summed E-state index contributed by atoms with van der Waals surface area (Å²) in [6.07, 6.45) is 5.81. The fourth-order valence-electron chi connectivity index (χ4n) is 6.46. The summed E-state index contributed by atoms with van der Waals surface area (Å²) in [7, 11) is 1.77. The molecule has 1 saturated heterocycles. The SMILES string of the molecule is COc1cccc([C@]23CCN(CCCc4ccccc4)[C@H](Cc4[nH]c5ccccc5c42)C3)c1. The van der Waals surface area contributed by atoms with Crippen molar-refractivity contribution in [2.24, 2.45) is 0 Å². The van der Waals surface area contributed by atoms with Crippen LogP contribution >= 0.6 is 0 Å². The lowest BCUT2D eigenvalue weighted by Crippen LogP contribution is -2.53. The van der Waals surface area contributed by atoms with Crippen LogP contribution in [0.5, 0.6) is 5.75 Å². The average Bonchev–Trinajstić information content (AvgIpc) is 3.25. The molecule has 2 atom stereocenters. The first kappa shape index (κ1) is 20.6. The van der Waals surface area contributed by atoms with Gasteiger partial charge in [0.2, 0.25) is 0 Å². The molecule has 1 fully saturated rings. The van der Waals surface area contributed by atoms with Crippen LogP contribution in [-0.4, -0.2) is 36.1 Å². The van der Waals surface area contributed by atoms with Crippen LogP contribution in [0.3, 0.4) is 0 Å². The molecule has 1 aliphatic heterocycles. The van der Waals surface area contributed by atoms with E-state index in [1.807, 2.05) is 0 Å². The van der Waals surface area contributed by atoms with Gasteiger partial charge in [-0.05, 0) is 73.7 Å². The number of aryl methyl sites for hydroxylation is 1. The van der Waals surface area contributed by atoms with Gasteiger partial charge in [0.25, 0.3) is 0 Å². The Kier molecular flexibility index (Phi) is 5.22. The summed E-state index contributed by atoms with van der Waals surface area (Å²) in [5, 5.41) is 1.39. The fraction of sp³-hybridized carbons (Fsp3) is 0.333. The molecule has 6 rings (SSSR count). The number of ether oxygens (including phenoxy) is 1. The Hall–Kier alpha value is -3.04. The van der Waals surface area contributed by atoms with E-state index in [9.17, 15) is 0 Å². The maximum Gasteiger partial charge on any atom is 0.119 e. The van der Waals surface area contributed by atoms with E-state index < -0.39 is 0 Å². The zero-order chi connectivity index (χ0) is 22.3. The van der Waals surface area contributed by atoms with E-state index in [0.717, 1.165) is 31.6 Å². The standard InChI is InChI=1S/C30H32N2O/c1-33-25-13-7-12-23(19-25)30-16-18-32(17-8-11-22-9-3-2-4-10-22)24(21-30)20-28-29(30)26-14-5-6-15-27(26)31-28/h2-7,9-10,12-15,19,24,31H,8,11,16-18,20-21H2,1H3/t24-,30-/m1/s1. The number of piperidine rings is 1. The van der Waals surface area contributed by atoms with E-state index in [2.05, 4.69) is 88.7 Å². The highest BCUT2D eigenvalue weighted by atomic mass is 16.5. The minimum Gasteiger partial charge on any atom is -0.497 e. The second kappa shape index (κ2) is 8.39. The van der Waals surface area contributed by atoms with Crippen molar-refractivity contribution >= 4 is 10.9 Å². The van der Waals surface area contributed by atoms with Crippen LogP contribution < -0.4 is 4.74 Å². The first-order chi connectivity index (χ1) is 16.3. The molecule has 0 saturated carbocycles. The van der Waals surface area contributed by atoms with Gasteiger partial charge in [0, 0.05) is 34.5 Å². The molecule has 0 spiro atoms. The van der Waals surface area contributed by atoms with Gasteiger partial charge in [-0.15, -0.1) is 0 Å². The summed E-state index contributed by atoms with van der Waals surface area (Å²) in [4.78, 5) is 6.57. The van der Waals surface area contributed by atoms with E-state index in [0.29, 0.717) is 6.04 Å². The highest BCUT2D eigenvalue weighted by molar-refractivity contribution is 5.87. The summed E-state index contributed by atoms with van der Waals surface area (Å²) in [6.45, 7) is 2.32. The van der Waals surface area contributed by atoms with Crippen molar-refractivity contribution in [3.05, 3.63) is 101 Å². The number of likely N-dealkylation sites (tertiary alicyclic amines) is 1. The molecule has 1 aromatic heterocycles. The quantitative estimate of drug-likeness (QED) is 0.395. The summed E-state index contributed by atoms with van der Waals surface area (Å²) >= 11 is 0. The predicted molar refractivity (Wildman–Crippen MR) is 135 cm³/mol. The zero-order valence-corrected chi connectivity index (χ0v) is 19.4. The van der Waals surface area contributed by atoms with Crippen molar-refractivity contribution in [2.75, 3.05) is 20.2 Å². The Labute approximate surface area is 196 Å². The predicted octanol–water partition coefficient (Wildman–Crippen LogP) is 6.12. The Bertz CT molecular complexity index is 1260. The molecule has 3 aromatic carbocycles.